The zero-order valence-corrected chi connectivity index (χ0v) is 8.16. The number of aliphatic hydroxyl groups is 1. The van der Waals surface area contributed by atoms with Gasteiger partial charge in [0, 0.05) is 6.42 Å². The van der Waals surface area contributed by atoms with E-state index in [1.165, 1.54) is 5.56 Å². The highest BCUT2D eigenvalue weighted by Crippen LogP contribution is 2.12. The molecule has 1 aromatic rings. The summed E-state index contributed by atoms with van der Waals surface area (Å²) in [6, 6.07) is 7.91. The van der Waals surface area contributed by atoms with Crippen LogP contribution in [0.2, 0.25) is 0 Å². The van der Waals surface area contributed by atoms with Crippen molar-refractivity contribution in [2.75, 3.05) is 6.61 Å². The lowest BCUT2D eigenvalue weighted by molar-refractivity contribution is 0.155. The van der Waals surface area contributed by atoms with Crippen LogP contribution in [0.1, 0.15) is 18.9 Å². The first kappa shape index (κ1) is 10.1. The summed E-state index contributed by atoms with van der Waals surface area (Å²) in [4.78, 5) is 0. The zero-order chi connectivity index (χ0) is 9.68. The maximum Gasteiger partial charge on any atom is 0.119 e. The lowest BCUT2D eigenvalue weighted by atomic mass is 10.2. The molecule has 13 heavy (non-hydrogen) atoms. The Bertz CT molecular complexity index is 256. The molecule has 1 atom stereocenters. The molecule has 0 fully saturated rings. The Morgan fingerprint density at radius 3 is 2.85 bits per heavy atom. The lowest BCUT2D eigenvalue weighted by Gasteiger charge is -2.07. The van der Waals surface area contributed by atoms with Crippen LogP contribution in [0.5, 0.6) is 5.75 Å². The van der Waals surface area contributed by atoms with Crippen molar-refractivity contribution in [3.05, 3.63) is 29.8 Å². The Hall–Kier alpha value is -1.02. The second-order valence-electron chi connectivity index (χ2n) is 3.30. The number of ether oxygens (including phenoxy) is 1. The van der Waals surface area contributed by atoms with Crippen LogP contribution in [0, 0.1) is 6.92 Å². The molecule has 1 rings (SSSR count). The van der Waals surface area contributed by atoms with Crippen molar-refractivity contribution in [1.82, 2.24) is 0 Å². The molecule has 0 aliphatic rings. The predicted molar refractivity (Wildman–Crippen MR) is 53.0 cm³/mol. The van der Waals surface area contributed by atoms with Crippen LogP contribution in [0.3, 0.4) is 0 Å². The molecule has 0 aliphatic carbocycles. The molecule has 0 unspecified atom stereocenters. The molecule has 0 aromatic heterocycles. The van der Waals surface area contributed by atoms with Gasteiger partial charge in [-0.3, -0.25) is 0 Å². The molecular formula is C11H16O2. The molecule has 0 saturated carbocycles. The topological polar surface area (TPSA) is 29.5 Å². The smallest absolute Gasteiger partial charge is 0.119 e. The van der Waals surface area contributed by atoms with E-state index in [9.17, 15) is 0 Å². The Morgan fingerprint density at radius 1 is 1.46 bits per heavy atom. The van der Waals surface area contributed by atoms with Crippen molar-refractivity contribution >= 4 is 0 Å². The van der Waals surface area contributed by atoms with Gasteiger partial charge in [0.2, 0.25) is 0 Å². The quantitative estimate of drug-likeness (QED) is 0.769. The largest absolute Gasteiger partial charge is 0.493 e. The minimum absolute atomic E-state index is 0.287. The van der Waals surface area contributed by atoms with E-state index in [-0.39, 0.29) is 6.10 Å². The van der Waals surface area contributed by atoms with Crippen molar-refractivity contribution in [2.45, 2.75) is 26.4 Å². The molecule has 0 saturated heterocycles. The third-order valence-electron chi connectivity index (χ3n) is 1.79. The van der Waals surface area contributed by atoms with E-state index >= 15 is 0 Å². The van der Waals surface area contributed by atoms with Crippen molar-refractivity contribution in [1.29, 1.82) is 0 Å². The predicted octanol–water partition coefficient (Wildman–Crippen LogP) is 2.14. The summed E-state index contributed by atoms with van der Waals surface area (Å²) in [5.74, 6) is 0.876. The fourth-order valence-corrected chi connectivity index (χ4v) is 1.05. The number of rotatable bonds is 4. The molecule has 0 amide bonds. The molecule has 0 bridgehead atoms. The van der Waals surface area contributed by atoms with E-state index in [4.69, 9.17) is 9.84 Å². The number of aliphatic hydroxyl groups excluding tert-OH is 1. The van der Waals surface area contributed by atoms with E-state index in [1.54, 1.807) is 6.92 Å². The second-order valence-corrected chi connectivity index (χ2v) is 3.30. The molecular weight excluding hydrogens is 164 g/mol. The summed E-state index contributed by atoms with van der Waals surface area (Å²) < 4.78 is 5.44. The Labute approximate surface area is 79.2 Å². The van der Waals surface area contributed by atoms with Crippen LogP contribution in [0.4, 0.5) is 0 Å². The Balaban J connectivity index is 2.37. The van der Waals surface area contributed by atoms with E-state index in [2.05, 4.69) is 0 Å². The van der Waals surface area contributed by atoms with E-state index in [1.807, 2.05) is 31.2 Å². The highest BCUT2D eigenvalue weighted by atomic mass is 16.5. The van der Waals surface area contributed by atoms with Gasteiger partial charge in [-0.05, 0) is 31.5 Å². The van der Waals surface area contributed by atoms with Crippen LogP contribution in [0.15, 0.2) is 24.3 Å². The van der Waals surface area contributed by atoms with Crippen LogP contribution in [-0.2, 0) is 0 Å². The van der Waals surface area contributed by atoms with Gasteiger partial charge in [0.25, 0.3) is 0 Å². The van der Waals surface area contributed by atoms with Crippen LogP contribution in [-0.4, -0.2) is 17.8 Å². The minimum Gasteiger partial charge on any atom is -0.493 e. The van der Waals surface area contributed by atoms with Gasteiger partial charge < -0.3 is 9.84 Å². The van der Waals surface area contributed by atoms with Gasteiger partial charge in [0.05, 0.1) is 12.7 Å². The monoisotopic (exact) mass is 180 g/mol. The van der Waals surface area contributed by atoms with E-state index < -0.39 is 0 Å². The van der Waals surface area contributed by atoms with Crippen LogP contribution >= 0.6 is 0 Å². The van der Waals surface area contributed by atoms with Crippen LogP contribution in [0.25, 0.3) is 0 Å². The standard InChI is InChI=1S/C11H16O2/c1-9-4-3-5-11(8-9)13-7-6-10(2)12/h3-5,8,10,12H,6-7H2,1-2H3/t10-/m1/s1. The molecule has 2 heteroatoms. The van der Waals surface area contributed by atoms with Crippen molar-refractivity contribution in [3.63, 3.8) is 0 Å². The highest BCUT2D eigenvalue weighted by molar-refractivity contribution is 5.27. The van der Waals surface area contributed by atoms with E-state index in [0.717, 1.165) is 5.75 Å². The molecule has 0 heterocycles. The zero-order valence-electron chi connectivity index (χ0n) is 8.16. The molecule has 2 nitrogen and oxygen atoms in total. The van der Waals surface area contributed by atoms with Crippen molar-refractivity contribution in [3.8, 4) is 5.75 Å². The molecule has 1 aromatic carbocycles. The normalized spacial score (nSPS) is 12.5. The first-order valence-corrected chi connectivity index (χ1v) is 4.56. The van der Waals surface area contributed by atoms with Crippen molar-refractivity contribution < 1.29 is 9.84 Å². The van der Waals surface area contributed by atoms with E-state index in [0.29, 0.717) is 13.0 Å². The van der Waals surface area contributed by atoms with Gasteiger partial charge in [0.1, 0.15) is 5.75 Å². The molecule has 0 radical (unpaired) electrons. The third kappa shape index (κ3) is 3.95. The second kappa shape index (κ2) is 4.87. The third-order valence-corrected chi connectivity index (χ3v) is 1.79. The number of hydrogen-bond donors (Lipinski definition) is 1. The average Bonchev–Trinajstić information content (AvgIpc) is 2.03. The summed E-state index contributed by atoms with van der Waals surface area (Å²) in [7, 11) is 0. The minimum atomic E-state index is -0.287. The summed E-state index contributed by atoms with van der Waals surface area (Å²) in [5, 5.41) is 9.00. The number of benzene rings is 1. The van der Waals surface area contributed by atoms with Gasteiger partial charge in [-0.15, -0.1) is 0 Å². The summed E-state index contributed by atoms with van der Waals surface area (Å²) in [6.45, 7) is 4.36. The first-order valence-electron chi connectivity index (χ1n) is 4.56. The molecule has 0 aliphatic heterocycles. The Kier molecular flexibility index (Phi) is 3.77. The van der Waals surface area contributed by atoms with Gasteiger partial charge in [-0.1, -0.05) is 12.1 Å². The SMILES string of the molecule is Cc1cccc(OCC[C@@H](C)O)c1. The molecule has 72 valence electrons. The number of aryl methyl sites for hydroxylation is 1. The maximum absolute atomic E-state index is 9.00. The van der Waals surface area contributed by atoms with Gasteiger partial charge >= 0.3 is 0 Å². The van der Waals surface area contributed by atoms with Crippen LogP contribution < -0.4 is 4.74 Å². The summed E-state index contributed by atoms with van der Waals surface area (Å²) in [6.07, 6.45) is 0.387. The van der Waals surface area contributed by atoms with Gasteiger partial charge in [-0.25, -0.2) is 0 Å². The summed E-state index contributed by atoms with van der Waals surface area (Å²) >= 11 is 0. The van der Waals surface area contributed by atoms with Crippen molar-refractivity contribution in [2.24, 2.45) is 0 Å². The maximum atomic E-state index is 9.00. The molecule has 0 spiro atoms. The number of hydrogen-bond acceptors (Lipinski definition) is 2. The fourth-order valence-electron chi connectivity index (χ4n) is 1.05. The average molecular weight is 180 g/mol. The van der Waals surface area contributed by atoms with Gasteiger partial charge in [0.15, 0.2) is 0 Å². The molecule has 1 N–H and O–H groups in total. The first-order chi connectivity index (χ1) is 6.18. The fraction of sp³-hybridized carbons (Fsp3) is 0.455. The van der Waals surface area contributed by atoms with Gasteiger partial charge in [-0.2, -0.15) is 0 Å². The Morgan fingerprint density at radius 2 is 2.23 bits per heavy atom. The highest BCUT2D eigenvalue weighted by Gasteiger charge is 1.97. The summed E-state index contributed by atoms with van der Waals surface area (Å²) in [5.41, 5.74) is 1.19. The lowest BCUT2D eigenvalue weighted by Crippen LogP contribution is -2.07.